The third-order valence-corrected chi connectivity index (χ3v) is 3.63. The summed E-state index contributed by atoms with van der Waals surface area (Å²) in [6.45, 7) is 0. The summed E-state index contributed by atoms with van der Waals surface area (Å²) >= 11 is 9.27. The Morgan fingerprint density at radius 3 is 2.89 bits per heavy atom. The number of aryl methyl sites for hydroxylation is 1. The van der Waals surface area contributed by atoms with Crippen molar-refractivity contribution < 1.29 is 0 Å². The van der Waals surface area contributed by atoms with Crippen molar-refractivity contribution in [2.75, 3.05) is 5.32 Å². The molecule has 1 unspecified atom stereocenters. The second-order valence-electron chi connectivity index (χ2n) is 3.78. The zero-order valence-electron chi connectivity index (χ0n) is 9.56. The van der Waals surface area contributed by atoms with Gasteiger partial charge in [0, 0.05) is 29.0 Å². The minimum Gasteiger partial charge on any atom is -0.366 e. The van der Waals surface area contributed by atoms with E-state index < -0.39 is 6.04 Å². The first kappa shape index (κ1) is 12.9. The molecule has 92 valence electrons. The molecule has 0 amide bonds. The van der Waals surface area contributed by atoms with Gasteiger partial charge < -0.3 is 5.32 Å². The Balaban J connectivity index is 2.21. The van der Waals surface area contributed by atoms with E-state index >= 15 is 0 Å². The number of nitrogens with zero attached hydrogens (tertiary/aromatic N) is 3. The molecule has 4 nitrogen and oxygen atoms in total. The lowest BCUT2D eigenvalue weighted by atomic mass is 10.1. The van der Waals surface area contributed by atoms with Crippen LogP contribution in [0.3, 0.4) is 0 Å². The maximum absolute atomic E-state index is 9.19. The van der Waals surface area contributed by atoms with E-state index in [1.807, 2.05) is 25.4 Å². The van der Waals surface area contributed by atoms with Crippen LogP contribution in [0.1, 0.15) is 11.6 Å². The molecule has 1 N–H and O–H groups in total. The highest BCUT2D eigenvalue weighted by Crippen LogP contribution is 2.27. The molecule has 0 aliphatic rings. The fourth-order valence-corrected chi connectivity index (χ4v) is 2.03. The molecule has 0 saturated carbocycles. The molecular formula is C12H10BrClN4. The minimum atomic E-state index is -0.438. The van der Waals surface area contributed by atoms with Crippen molar-refractivity contribution in [2.45, 2.75) is 6.04 Å². The Kier molecular flexibility index (Phi) is 3.90. The molecule has 0 saturated heterocycles. The summed E-state index contributed by atoms with van der Waals surface area (Å²) in [7, 11) is 1.82. The standard InChI is InChI=1S/C12H10BrClN4/c1-18-7-8(6-16-18)12(5-15)17-9-2-3-11(14)10(13)4-9/h2-4,6-7,12,17H,1H3. The van der Waals surface area contributed by atoms with Crippen LogP contribution >= 0.6 is 27.5 Å². The van der Waals surface area contributed by atoms with Gasteiger partial charge in [-0.2, -0.15) is 10.4 Å². The summed E-state index contributed by atoms with van der Waals surface area (Å²) in [6, 6.07) is 7.20. The smallest absolute Gasteiger partial charge is 0.143 e. The molecule has 0 spiro atoms. The van der Waals surface area contributed by atoms with Crippen LogP contribution in [0.2, 0.25) is 5.02 Å². The molecule has 18 heavy (non-hydrogen) atoms. The number of anilines is 1. The average molecular weight is 326 g/mol. The monoisotopic (exact) mass is 324 g/mol. The second kappa shape index (κ2) is 5.42. The van der Waals surface area contributed by atoms with Gasteiger partial charge in [-0.1, -0.05) is 11.6 Å². The van der Waals surface area contributed by atoms with Gasteiger partial charge in [-0.3, -0.25) is 4.68 Å². The van der Waals surface area contributed by atoms with Gasteiger partial charge in [0.2, 0.25) is 0 Å². The number of nitrogens with one attached hydrogen (secondary N) is 1. The number of benzene rings is 1. The fourth-order valence-electron chi connectivity index (χ4n) is 1.53. The molecule has 1 aromatic carbocycles. The summed E-state index contributed by atoms with van der Waals surface area (Å²) < 4.78 is 2.45. The summed E-state index contributed by atoms with van der Waals surface area (Å²) in [4.78, 5) is 0. The average Bonchev–Trinajstić information content (AvgIpc) is 2.77. The van der Waals surface area contributed by atoms with Gasteiger partial charge in [-0.05, 0) is 34.1 Å². The summed E-state index contributed by atoms with van der Waals surface area (Å²) in [5, 5.41) is 17.0. The molecule has 0 aliphatic carbocycles. The van der Waals surface area contributed by atoms with Gasteiger partial charge >= 0.3 is 0 Å². The van der Waals surface area contributed by atoms with Gasteiger partial charge in [-0.15, -0.1) is 0 Å². The highest BCUT2D eigenvalue weighted by molar-refractivity contribution is 9.10. The van der Waals surface area contributed by atoms with Crippen molar-refractivity contribution in [3.05, 3.63) is 45.7 Å². The van der Waals surface area contributed by atoms with Crippen LogP contribution in [0, 0.1) is 11.3 Å². The number of hydrogen-bond donors (Lipinski definition) is 1. The van der Waals surface area contributed by atoms with Gasteiger partial charge in [0.15, 0.2) is 0 Å². The van der Waals surface area contributed by atoms with Crippen LogP contribution in [0.25, 0.3) is 0 Å². The Labute approximate surface area is 118 Å². The topological polar surface area (TPSA) is 53.6 Å². The maximum atomic E-state index is 9.19. The van der Waals surface area contributed by atoms with Crippen LogP contribution in [0.5, 0.6) is 0 Å². The molecule has 1 heterocycles. The quantitative estimate of drug-likeness (QED) is 0.939. The van der Waals surface area contributed by atoms with Crippen LogP contribution in [0.4, 0.5) is 5.69 Å². The number of aromatic nitrogens is 2. The Hall–Kier alpha value is -1.51. The summed E-state index contributed by atoms with van der Waals surface area (Å²) in [5.41, 5.74) is 1.65. The molecule has 6 heteroatoms. The zero-order valence-corrected chi connectivity index (χ0v) is 11.9. The largest absolute Gasteiger partial charge is 0.366 e. The lowest BCUT2D eigenvalue weighted by molar-refractivity contribution is 0.766. The molecule has 2 rings (SSSR count). The van der Waals surface area contributed by atoms with Crippen LogP contribution < -0.4 is 5.32 Å². The van der Waals surface area contributed by atoms with Crippen molar-refractivity contribution in [1.29, 1.82) is 5.26 Å². The summed E-state index contributed by atoms with van der Waals surface area (Å²) in [5.74, 6) is 0. The van der Waals surface area contributed by atoms with Crippen molar-refractivity contribution in [3.8, 4) is 6.07 Å². The molecule has 0 bridgehead atoms. The van der Waals surface area contributed by atoms with E-state index in [4.69, 9.17) is 11.6 Å². The fraction of sp³-hybridized carbons (Fsp3) is 0.167. The molecular weight excluding hydrogens is 316 g/mol. The molecule has 0 aliphatic heterocycles. The predicted octanol–water partition coefficient (Wildman–Crippen LogP) is 3.51. The minimum absolute atomic E-state index is 0.438. The second-order valence-corrected chi connectivity index (χ2v) is 5.04. The lowest BCUT2D eigenvalue weighted by Gasteiger charge is -2.11. The lowest BCUT2D eigenvalue weighted by Crippen LogP contribution is -2.07. The Morgan fingerprint density at radius 2 is 2.33 bits per heavy atom. The van der Waals surface area contributed by atoms with Crippen molar-refractivity contribution in [1.82, 2.24) is 9.78 Å². The molecule has 1 atom stereocenters. The van der Waals surface area contributed by atoms with Crippen LogP contribution in [0.15, 0.2) is 35.1 Å². The van der Waals surface area contributed by atoms with Gasteiger partial charge in [-0.25, -0.2) is 0 Å². The van der Waals surface area contributed by atoms with Gasteiger partial charge in [0.05, 0.1) is 17.3 Å². The van der Waals surface area contributed by atoms with Crippen molar-refractivity contribution >= 4 is 33.2 Å². The number of hydrogen-bond acceptors (Lipinski definition) is 3. The highest BCUT2D eigenvalue weighted by atomic mass is 79.9. The van der Waals surface area contributed by atoms with Gasteiger partial charge in [0.25, 0.3) is 0 Å². The van der Waals surface area contributed by atoms with E-state index in [0.29, 0.717) is 5.02 Å². The first-order valence-corrected chi connectivity index (χ1v) is 6.37. The first-order chi connectivity index (χ1) is 8.60. The molecule has 0 fully saturated rings. The summed E-state index contributed by atoms with van der Waals surface area (Å²) in [6.07, 6.45) is 3.48. The SMILES string of the molecule is Cn1cc(C(C#N)Nc2ccc(Cl)c(Br)c2)cn1. The van der Waals surface area contributed by atoms with E-state index in [2.05, 4.69) is 32.4 Å². The third-order valence-electron chi connectivity index (χ3n) is 2.42. The molecule has 0 radical (unpaired) electrons. The predicted molar refractivity (Wildman–Crippen MR) is 74.3 cm³/mol. The van der Waals surface area contributed by atoms with E-state index in [0.717, 1.165) is 15.7 Å². The first-order valence-electron chi connectivity index (χ1n) is 5.20. The zero-order chi connectivity index (χ0) is 13.1. The Morgan fingerprint density at radius 1 is 1.56 bits per heavy atom. The van der Waals surface area contributed by atoms with Gasteiger partial charge in [0.1, 0.15) is 6.04 Å². The maximum Gasteiger partial charge on any atom is 0.143 e. The van der Waals surface area contributed by atoms with E-state index in [1.165, 1.54) is 0 Å². The van der Waals surface area contributed by atoms with Crippen molar-refractivity contribution in [2.24, 2.45) is 7.05 Å². The highest BCUT2D eigenvalue weighted by Gasteiger charge is 2.12. The number of halogens is 2. The molecule has 1 aromatic heterocycles. The van der Waals surface area contributed by atoms with Crippen LogP contribution in [-0.4, -0.2) is 9.78 Å². The van der Waals surface area contributed by atoms with E-state index in [-0.39, 0.29) is 0 Å². The normalized spacial score (nSPS) is 11.9. The molecule has 2 aromatic rings. The third kappa shape index (κ3) is 2.84. The Bertz CT molecular complexity index is 602. The van der Waals surface area contributed by atoms with E-state index in [1.54, 1.807) is 16.9 Å². The van der Waals surface area contributed by atoms with E-state index in [9.17, 15) is 5.26 Å². The number of rotatable bonds is 3. The van der Waals surface area contributed by atoms with Crippen molar-refractivity contribution in [3.63, 3.8) is 0 Å². The van der Waals surface area contributed by atoms with Crippen LogP contribution in [-0.2, 0) is 7.05 Å². The number of nitriles is 1.